The molecule has 0 unspecified atom stereocenters. The Kier molecular flexibility index (Phi) is 4.53. The van der Waals surface area contributed by atoms with Crippen molar-refractivity contribution in [1.29, 1.82) is 0 Å². The normalized spacial score (nSPS) is 11.5. The number of hydrogen-bond donors (Lipinski definition) is 0. The molecule has 0 amide bonds. The fraction of sp³-hybridized carbons (Fsp3) is 0.364. The highest BCUT2D eigenvalue weighted by atomic mass is 79.9. The van der Waals surface area contributed by atoms with Crippen molar-refractivity contribution in [3.63, 3.8) is 0 Å². The minimum atomic E-state index is -4.70. The van der Waals surface area contributed by atoms with Crippen molar-refractivity contribution >= 4 is 21.7 Å². The van der Waals surface area contributed by atoms with Crippen molar-refractivity contribution in [2.24, 2.45) is 0 Å². The van der Waals surface area contributed by atoms with Crippen LogP contribution in [-0.4, -0.2) is 12.0 Å². The fourth-order valence-corrected chi connectivity index (χ4v) is 1.77. The molecule has 88 valence electrons. The van der Waals surface area contributed by atoms with Gasteiger partial charge in [-0.25, -0.2) is 0 Å². The first-order valence-electron chi connectivity index (χ1n) is 4.74. The second-order valence-electron chi connectivity index (χ2n) is 3.37. The smallest absolute Gasteiger partial charge is 0.290 e. The summed E-state index contributed by atoms with van der Waals surface area (Å²) >= 11 is 3.30. The van der Waals surface area contributed by atoms with E-state index in [9.17, 15) is 18.0 Å². The summed E-state index contributed by atoms with van der Waals surface area (Å²) in [5, 5.41) is 0. The van der Waals surface area contributed by atoms with Gasteiger partial charge in [0, 0.05) is 10.9 Å². The molecule has 1 rings (SSSR count). The molecule has 0 radical (unpaired) electrons. The Hall–Kier alpha value is -0.840. The molecule has 0 aliphatic carbocycles. The van der Waals surface area contributed by atoms with Gasteiger partial charge >= 0.3 is 6.18 Å². The van der Waals surface area contributed by atoms with E-state index in [2.05, 4.69) is 15.9 Å². The summed E-state index contributed by atoms with van der Waals surface area (Å²) in [5.41, 5.74) is 0.914. The molecule has 0 heterocycles. The van der Waals surface area contributed by atoms with Gasteiger partial charge in [-0.2, -0.15) is 13.2 Å². The van der Waals surface area contributed by atoms with Gasteiger partial charge < -0.3 is 0 Å². The molecule has 1 aromatic carbocycles. The van der Waals surface area contributed by atoms with Crippen molar-refractivity contribution < 1.29 is 18.0 Å². The number of aryl methyl sites for hydroxylation is 1. The van der Waals surface area contributed by atoms with E-state index in [1.54, 1.807) is 0 Å². The van der Waals surface area contributed by atoms with Crippen LogP contribution in [0.3, 0.4) is 0 Å². The number of Topliss-reactive ketones (excluding diaryl/α,β-unsaturated/α-hetero) is 1. The molecule has 0 aliphatic heterocycles. The van der Waals surface area contributed by atoms with Crippen molar-refractivity contribution in [3.8, 4) is 0 Å². The molecule has 0 saturated heterocycles. The Labute approximate surface area is 99.8 Å². The number of rotatable bonds is 4. The molecule has 1 nitrogen and oxygen atoms in total. The van der Waals surface area contributed by atoms with Gasteiger partial charge in [0.2, 0.25) is 5.78 Å². The molecule has 0 fully saturated rings. The van der Waals surface area contributed by atoms with E-state index in [1.807, 2.05) is 24.3 Å². The SMILES string of the molecule is O=C(CCCc1ccccc1Br)C(F)(F)F. The quantitative estimate of drug-likeness (QED) is 0.823. The van der Waals surface area contributed by atoms with Crippen molar-refractivity contribution in [2.45, 2.75) is 25.4 Å². The lowest BCUT2D eigenvalue weighted by atomic mass is 10.1. The molecule has 16 heavy (non-hydrogen) atoms. The van der Waals surface area contributed by atoms with Crippen LogP contribution in [0.5, 0.6) is 0 Å². The molecule has 0 bridgehead atoms. The van der Waals surface area contributed by atoms with E-state index in [4.69, 9.17) is 0 Å². The Bertz CT molecular complexity index is 374. The Balaban J connectivity index is 2.43. The largest absolute Gasteiger partial charge is 0.449 e. The number of benzene rings is 1. The van der Waals surface area contributed by atoms with Gasteiger partial charge in [0.15, 0.2) is 0 Å². The summed E-state index contributed by atoms with van der Waals surface area (Å²) in [6.07, 6.45) is -4.48. The molecular weight excluding hydrogens is 285 g/mol. The third kappa shape index (κ3) is 3.96. The van der Waals surface area contributed by atoms with Gasteiger partial charge in [0.05, 0.1) is 0 Å². The summed E-state index contributed by atoms with van der Waals surface area (Å²) in [7, 11) is 0. The van der Waals surface area contributed by atoms with Crippen LogP contribution >= 0.6 is 15.9 Å². The molecule has 0 N–H and O–H groups in total. The van der Waals surface area contributed by atoms with Gasteiger partial charge in [-0.1, -0.05) is 34.1 Å². The van der Waals surface area contributed by atoms with Crippen LogP contribution in [0.4, 0.5) is 13.2 Å². The van der Waals surface area contributed by atoms with Gasteiger partial charge in [0.1, 0.15) is 0 Å². The Morgan fingerprint density at radius 3 is 2.44 bits per heavy atom. The monoisotopic (exact) mass is 294 g/mol. The zero-order chi connectivity index (χ0) is 12.2. The lowest BCUT2D eigenvalue weighted by molar-refractivity contribution is -0.171. The molecule has 0 atom stereocenters. The van der Waals surface area contributed by atoms with E-state index < -0.39 is 18.4 Å². The lowest BCUT2D eigenvalue weighted by Crippen LogP contribution is -2.22. The first kappa shape index (κ1) is 13.2. The second-order valence-corrected chi connectivity index (χ2v) is 4.22. The van der Waals surface area contributed by atoms with Gasteiger partial charge in [-0.15, -0.1) is 0 Å². The molecule has 0 saturated carbocycles. The average Bonchev–Trinajstić information content (AvgIpc) is 2.19. The van der Waals surface area contributed by atoms with E-state index in [1.165, 1.54) is 0 Å². The van der Waals surface area contributed by atoms with E-state index >= 15 is 0 Å². The molecule has 1 aromatic rings. The first-order chi connectivity index (χ1) is 7.41. The van der Waals surface area contributed by atoms with Crippen molar-refractivity contribution in [1.82, 2.24) is 0 Å². The standard InChI is InChI=1S/C11H10BrF3O/c12-9-6-2-1-4-8(9)5-3-7-10(16)11(13,14)15/h1-2,4,6H,3,5,7H2. The van der Waals surface area contributed by atoms with Crippen LogP contribution in [0.2, 0.25) is 0 Å². The van der Waals surface area contributed by atoms with E-state index in [-0.39, 0.29) is 6.42 Å². The Morgan fingerprint density at radius 2 is 1.88 bits per heavy atom. The minimum Gasteiger partial charge on any atom is -0.290 e. The zero-order valence-corrected chi connectivity index (χ0v) is 9.94. The van der Waals surface area contributed by atoms with Crippen LogP contribution < -0.4 is 0 Å². The predicted octanol–water partition coefficient (Wildman–Crippen LogP) is 3.90. The summed E-state index contributed by atoms with van der Waals surface area (Å²) in [5.74, 6) is -1.65. The predicted molar refractivity (Wildman–Crippen MR) is 58.1 cm³/mol. The van der Waals surface area contributed by atoms with Crippen LogP contribution in [0.25, 0.3) is 0 Å². The number of hydrogen-bond acceptors (Lipinski definition) is 1. The van der Waals surface area contributed by atoms with Gasteiger partial charge in [-0.05, 0) is 24.5 Å². The lowest BCUT2D eigenvalue weighted by Gasteiger charge is -2.06. The van der Waals surface area contributed by atoms with E-state index in [0.717, 1.165) is 10.0 Å². The molecule has 0 aliphatic rings. The third-order valence-corrected chi connectivity index (χ3v) is 2.90. The maximum atomic E-state index is 11.9. The number of carbonyl (C=O) groups excluding carboxylic acids is 1. The zero-order valence-electron chi connectivity index (χ0n) is 8.35. The summed E-state index contributed by atoms with van der Waals surface area (Å²) in [4.78, 5) is 10.6. The number of carbonyl (C=O) groups is 1. The topological polar surface area (TPSA) is 17.1 Å². The summed E-state index contributed by atoms with van der Waals surface area (Å²) in [6.45, 7) is 0. The van der Waals surface area contributed by atoms with Crippen molar-refractivity contribution in [2.75, 3.05) is 0 Å². The molecule has 5 heteroatoms. The Morgan fingerprint density at radius 1 is 1.25 bits per heavy atom. The van der Waals surface area contributed by atoms with Crippen LogP contribution in [0.15, 0.2) is 28.7 Å². The van der Waals surface area contributed by atoms with Crippen LogP contribution in [0.1, 0.15) is 18.4 Å². The number of alkyl halides is 3. The fourth-order valence-electron chi connectivity index (χ4n) is 1.28. The highest BCUT2D eigenvalue weighted by Crippen LogP contribution is 2.21. The molecule has 0 aromatic heterocycles. The molecular formula is C11H10BrF3O. The number of ketones is 1. The summed E-state index contributed by atoms with van der Waals surface area (Å²) < 4.78 is 36.5. The number of halogens is 4. The maximum absolute atomic E-state index is 11.9. The highest BCUT2D eigenvalue weighted by Gasteiger charge is 2.37. The van der Waals surface area contributed by atoms with Gasteiger partial charge in [0.25, 0.3) is 0 Å². The highest BCUT2D eigenvalue weighted by molar-refractivity contribution is 9.10. The van der Waals surface area contributed by atoms with Gasteiger partial charge in [-0.3, -0.25) is 4.79 Å². The minimum absolute atomic E-state index is 0.209. The third-order valence-electron chi connectivity index (χ3n) is 2.12. The average molecular weight is 295 g/mol. The first-order valence-corrected chi connectivity index (χ1v) is 5.54. The van der Waals surface area contributed by atoms with Crippen LogP contribution in [0, 0.1) is 0 Å². The van der Waals surface area contributed by atoms with E-state index in [0.29, 0.717) is 6.42 Å². The van der Waals surface area contributed by atoms with Crippen molar-refractivity contribution in [3.05, 3.63) is 34.3 Å². The summed E-state index contributed by atoms with van der Waals surface area (Å²) in [6, 6.07) is 7.28. The second kappa shape index (κ2) is 5.48. The van der Waals surface area contributed by atoms with Crippen LogP contribution in [-0.2, 0) is 11.2 Å². The maximum Gasteiger partial charge on any atom is 0.449 e. The molecule has 0 spiro atoms.